The molecule has 0 aromatic carbocycles. The summed E-state index contributed by atoms with van der Waals surface area (Å²) in [6.07, 6.45) is 2.67. The van der Waals surface area contributed by atoms with Crippen molar-refractivity contribution < 1.29 is 0 Å². The van der Waals surface area contributed by atoms with Gasteiger partial charge in [0.1, 0.15) is 11.9 Å². The van der Waals surface area contributed by atoms with Crippen molar-refractivity contribution in [3.63, 3.8) is 0 Å². The van der Waals surface area contributed by atoms with Gasteiger partial charge in [-0.05, 0) is 46.0 Å². The fraction of sp³-hybridized carbons (Fsp3) is 0.538. The molecule has 0 aliphatic heterocycles. The average Bonchev–Trinajstić information content (AvgIpc) is 2.35. The lowest BCUT2D eigenvalue weighted by atomic mass is 10.3. The lowest BCUT2D eigenvalue weighted by molar-refractivity contribution is 0.273. The minimum atomic E-state index is 0.586. The van der Waals surface area contributed by atoms with E-state index in [0.717, 1.165) is 25.3 Å². The molecule has 0 unspecified atom stereocenters. The highest BCUT2D eigenvalue weighted by Crippen LogP contribution is 2.04. The van der Waals surface area contributed by atoms with Crippen molar-refractivity contribution in [1.82, 2.24) is 9.88 Å². The lowest BCUT2D eigenvalue weighted by Gasteiger charge is -2.20. The largest absolute Gasteiger partial charge is 0.370 e. The summed E-state index contributed by atoms with van der Waals surface area (Å²) in [5.74, 6) is 0.830. The molecule has 1 rings (SSSR count). The van der Waals surface area contributed by atoms with Crippen LogP contribution in [0.3, 0.4) is 0 Å². The van der Waals surface area contributed by atoms with Crippen LogP contribution in [0.25, 0.3) is 0 Å². The Morgan fingerprint density at radius 3 is 2.76 bits per heavy atom. The van der Waals surface area contributed by atoms with E-state index >= 15 is 0 Å². The zero-order valence-corrected chi connectivity index (χ0v) is 10.8. The molecule has 92 valence electrons. The molecule has 0 aliphatic rings. The van der Waals surface area contributed by atoms with E-state index in [-0.39, 0.29) is 0 Å². The summed E-state index contributed by atoms with van der Waals surface area (Å²) < 4.78 is 0. The highest BCUT2D eigenvalue weighted by molar-refractivity contribution is 5.38. The van der Waals surface area contributed by atoms with Gasteiger partial charge in [-0.25, -0.2) is 4.98 Å². The van der Waals surface area contributed by atoms with Gasteiger partial charge in [0.25, 0.3) is 0 Å². The van der Waals surface area contributed by atoms with Crippen LogP contribution in [-0.4, -0.2) is 36.1 Å². The number of hydrogen-bond donors (Lipinski definition) is 1. The number of hydrogen-bond acceptors (Lipinski definition) is 4. The summed E-state index contributed by atoms with van der Waals surface area (Å²) in [6, 6.07) is 6.25. The molecule has 1 aromatic heterocycles. The molecule has 17 heavy (non-hydrogen) atoms. The number of nitrogens with one attached hydrogen (secondary N) is 1. The zero-order chi connectivity index (χ0) is 12.7. The molecule has 4 nitrogen and oxygen atoms in total. The Morgan fingerprint density at radius 1 is 1.47 bits per heavy atom. The normalized spacial score (nSPS) is 10.6. The summed E-state index contributed by atoms with van der Waals surface area (Å²) >= 11 is 0. The van der Waals surface area contributed by atoms with E-state index in [9.17, 15) is 0 Å². The molecule has 0 atom stereocenters. The number of nitrogens with zero attached hydrogens (tertiary/aromatic N) is 3. The lowest BCUT2D eigenvalue weighted by Crippen LogP contribution is -2.28. The summed E-state index contributed by atoms with van der Waals surface area (Å²) in [7, 11) is 2.13. The van der Waals surface area contributed by atoms with E-state index in [1.807, 2.05) is 6.07 Å². The summed E-state index contributed by atoms with van der Waals surface area (Å²) in [5, 5.41) is 11.9. The summed E-state index contributed by atoms with van der Waals surface area (Å²) in [6.45, 7) is 6.35. The van der Waals surface area contributed by atoms with Crippen molar-refractivity contribution in [3.8, 4) is 6.07 Å². The van der Waals surface area contributed by atoms with E-state index in [4.69, 9.17) is 5.26 Å². The van der Waals surface area contributed by atoms with Gasteiger partial charge in [-0.3, -0.25) is 0 Å². The molecular formula is C13H20N4. The van der Waals surface area contributed by atoms with Crippen LogP contribution in [0.2, 0.25) is 0 Å². The second-order valence-corrected chi connectivity index (χ2v) is 4.40. The third-order valence-corrected chi connectivity index (χ3v) is 2.77. The second-order valence-electron chi connectivity index (χ2n) is 4.40. The Hall–Kier alpha value is -1.60. The van der Waals surface area contributed by atoms with Crippen molar-refractivity contribution in [2.75, 3.05) is 25.5 Å². The predicted molar refractivity (Wildman–Crippen MR) is 69.8 cm³/mol. The van der Waals surface area contributed by atoms with Crippen LogP contribution >= 0.6 is 0 Å². The number of rotatable bonds is 6. The highest BCUT2D eigenvalue weighted by Gasteiger charge is 2.01. The zero-order valence-electron chi connectivity index (χ0n) is 10.8. The first-order chi connectivity index (χ1) is 8.13. The van der Waals surface area contributed by atoms with Gasteiger partial charge < -0.3 is 10.2 Å². The van der Waals surface area contributed by atoms with Crippen LogP contribution < -0.4 is 5.32 Å². The molecule has 0 radical (unpaired) electrons. The van der Waals surface area contributed by atoms with Gasteiger partial charge in [0.15, 0.2) is 0 Å². The van der Waals surface area contributed by atoms with E-state index in [2.05, 4.69) is 42.2 Å². The smallest absolute Gasteiger partial charge is 0.125 e. The van der Waals surface area contributed by atoms with Crippen LogP contribution in [0, 0.1) is 11.3 Å². The second kappa shape index (κ2) is 6.87. The fourth-order valence-electron chi connectivity index (χ4n) is 1.37. The van der Waals surface area contributed by atoms with Crippen LogP contribution in [0.5, 0.6) is 0 Å². The standard InChI is InChI=1S/C13H20N4/c1-11(2)17(3)8-4-7-15-13-6-5-12(9-14)10-16-13/h5-6,10-11H,4,7-8H2,1-3H3,(H,15,16). The van der Waals surface area contributed by atoms with Crippen LogP contribution in [0.4, 0.5) is 5.82 Å². The van der Waals surface area contributed by atoms with Gasteiger partial charge in [0, 0.05) is 18.8 Å². The van der Waals surface area contributed by atoms with E-state index in [1.54, 1.807) is 12.3 Å². The van der Waals surface area contributed by atoms with Crippen molar-refractivity contribution in [3.05, 3.63) is 23.9 Å². The third kappa shape index (κ3) is 4.83. The van der Waals surface area contributed by atoms with Gasteiger partial charge >= 0.3 is 0 Å². The summed E-state index contributed by atoms with van der Waals surface area (Å²) in [4.78, 5) is 6.47. The molecule has 0 amide bonds. The number of pyridine rings is 1. The maximum absolute atomic E-state index is 8.64. The van der Waals surface area contributed by atoms with E-state index in [1.165, 1.54) is 0 Å². The molecule has 0 fully saturated rings. The minimum Gasteiger partial charge on any atom is -0.370 e. The van der Waals surface area contributed by atoms with Crippen molar-refractivity contribution in [1.29, 1.82) is 5.26 Å². The van der Waals surface area contributed by atoms with Gasteiger partial charge in [0.2, 0.25) is 0 Å². The van der Waals surface area contributed by atoms with Crippen molar-refractivity contribution >= 4 is 5.82 Å². The maximum atomic E-state index is 8.64. The molecule has 1 heterocycles. The molecule has 4 heteroatoms. The monoisotopic (exact) mass is 232 g/mol. The quantitative estimate of drug-likeness (QED) is 0.763. The molecule has 1 aromatic rings. The first-order valence-corrected chi connectivity index (χ1v) is 5.93. The van der Waals surface area contributed by atoms with Crippen molar-refractivity contribution in [2.24, 2.45) is 0 Å². The Kier molecular flexibility index (Phi) is 5.44. The van der Waals surface area contributed by atoms with Crippen LogP contribution in [-0.2, 0) is 0 Å². The van der Waals surface area contributed by atoms with Crippen molar-refractivity contribution in [2.45, 2.75) is 26.3 Å². The first-order valence-electron chi connectivity index (χ1n) is 5.93. The number of anilines is 1. The minimum absolute atomic E-state index is 0.586. The van der Waals surface area contributed by atoms with E-state index < -0.39 is 0 Å². The highest BCUT2D eigenvalue weighted by atomic mass is 15.1. The molecule has 0 bridgehead atoms. The average molecular weight is 232 g/mol. The van der Waals surface area contributed by atoms with Gasteiger partial charge in [-0.1, -0.05) is 0 Å². The summed E-state index contributed by atoms with van der Waals surface area (Å²) in [5.41, 5.74) is 0.593. The topological polar surface area (TPSA) is 52.0 Å². The van der Waals surface area contributed by atoms with E-state index in [0.29, 0.717) is 11.6 Å². The Bertz CT molecular complexity index is 364. The van der Waals surface area contributed by atoms with Crippen LogP contribution in [0.15, 0.2) is 18.3 Å². The van der Waals surface area contributed by atoms with Gasteiger partial charge in [0.05, 0.1) is 5.56 Å². The number of nitriles is 1. The SMILES string of the molecule is CC(C)N(C)CCCNc1ccc(C#N)cn1. The number of aromatic nitrogens is 1. The van der Waals surface area contributed by atoms with Gasteiger partial charge in [-0.2, -0.15) is 5.26 Å². The molecular weight excluding hydrogens is 212 g/mol. The Morgan fingerprint density at radius 2 is 2.24 bits per heavy atom. The Balaban J connectivity index is 2.24. The molecule has 1 N–H and O–H groups in total. The van der Waals surface area contributed by atoms with Gasteiger partial charge in [-0.15, -0.1) is 0 Å². The molecule has 0 saturated carbocycles. The fourth-order valence-corrected chi connectivity index (χ4v) is 1.37. The molecule has 0 spiro atoms. The Labute approximate surface area is 103 Å². The first kappa shape index (κ1) is 13.5. The predicted octanol–water partition coefficient (Wildman–Crippen LogP) is 2.10. The third-order valence-electron chi connectivity index (χ3n) is 2.77. The van der Waals surface area contributed by atoms with Crippen LogP contribution in [0.1, 0.15) is 25.8 Å². The molecule has 0 aliphatic carbocycles. The maximum Gasteiger partial charge on any atom is 0.125 e. The molecule has 0 saturated heterocycles.